The van der Waals surface area contributed by atoms with Crippen LogP contribution in [0.5, 0.6) is 0 Å². The second-order valence-electron chi connectivity index (χ2n) is 7.47. The van der Waals surface area contributed by atoms with E-state index < -0.39 is 23.9 Å². The molecule has 0 saturated carbocycles. The highest BCUT2D eigenvalue weighted by Crippen LogP contribution is 2.15. The standard InChI is InChI=1S/C25H21FN2O4/c26-21-14-18(10-11-19(21)23(30)16-29)15-28-22-9-5-4-8-20(22)24(31)27(25(28)32)13-12-17-6-2-1-3-7-17/h1-11,14,29H,12-13,15-16H2. The number of Topliss-reactive ketones (excluding diaryl/α,β-unsaturated/α-hetero) is 1. The third-order valence-corrected chi connectivity index (χ3v) is 5.42. The molecule has 0 aliphatic rings. The number of carbonyl (C=O) groups is 1. The Kier molecular flexibility index (Phi) is 6.09. The predicted molar refractivity (Wildman–Crippen MR) is 120 cm³/mol. The normalized spacial score (nSPS) is 11.1. The van der Waals surface area contributed by atoms with Gasteiger partial charge in [-0.05, 0) is 41.8 Å². The highest BCUT2D eigenvalue weighted by atomic mass is 19.1. The Morgan fingerprint density at radius 2 is 1.59 bits per heavy atom. The Bertz CT molecular complexity index is 1410. The van der Waals surface area contributed by atoms with Crippen molar-refractivity contribution in [1.29, 1.82) is 0 Å². The van der Waals surface area contributed by atoms with E-state index in [1.807, 2.05) is 30.3 Å². The molecule has 4 rings (SSSR count). The van der Waals surface area contributed by atoms with Crippen molar-refractivity contribution < 1.29 is 14.3 Å². The maximum atomic E-state index is 14.4. The summed E-state index contributed by atoms with van der Waals surface area (Å²) in [6.07, 6.45) is 0.515. The molecule has 1 N–H and O–H groups in total. The Morgan fingerprint density at radius 1 is 0.875 bits per heavy atom. The Balaban J connectivity index is 1.77. The fraction of sp³-hybridized carbons (Fsp3) is 0.160. The van der Waals surface area contributed by atoms with Crippen LogP contribution in [0.1, 0.15) is 21.5 Å². The number of aliphatic hydroxyl groups is 1. The molecule has 6 nitrogen and oxygen atoms in total. The second kappa shape index (κ2) is 9.11. The molecule has 4 aromatic rings. The molecule has 0 aliphatic heterocycles. The SMILES string of the molecule is O=C(CO)c1ccc(Cn2c(=O)n(CCc3ccccc3)c(=O)c3ccccc32)cc1F. The summed E-state index contributed by atoms with van der Waals surface area (Å²) in [4.78, 5) is 37.9. The largest absolute Gasteiger partial charge is 0.388 e. The number of hydrogen-bond donors (Lipinski definition) is 1. The minimum atomic E-state index is -0.785. The maximum absolute atomic E-state index is 14.4. The fourth-order valence-electron chi connectivity index (χ4n) is 3.76. The number of para-hydroxylation sites is 1. The molecule has 1 heterocycles. The Morgan fingerprint density at radius 3 is 2.31 bits per heavy atom. The van der Waals surface area contributed by atoms with E-state index in [4.69, 9.17) is 5.11 Å². The van der Waals surface area contributed by atoms with Crippen molar-refractivity contribution in [3.63, 3.8) is 0 Å². The molecule has 0 bridgehead atoms. The topological polar surface area (TPSA) is 81.3 Å². The van der Waals surface area contributed by atoms with Gasteiger partial charge in [-0.15, -0.1) is 0 Å². The molecule has 0 spiro atoms. The van der Waals surface area contributed by atoms with Gasteiger partial charge in [-0.1, -0.05) is 48.5 Å². The van der Waals surface area contributed by atoms with Gasteiger partial charge >= 0.3 is 5.69 Å². The molecule has 32 heavy (non-hydrogen) atoms. The molecule has 3 aromatic carbocycles. The van der Waals surface area contributed by atoms with Gasteiger partial charge in [0, 0.05) is 6.54 Å². The fourth-order valence-corrected chi connectivity index (χ4v) is 3.76. The number of ketones is 1. The minimum absolute atomic E-state index is 0.0233. The number of benzene rings is 3. The summed E-state index contributed by atoms with van der Waals surface area (Å²) in [5.41, 5.74) is 0.853. The van der Waals surface area contributed by atoms with E-state index in [1.165, 1.54) is 27.3 Å². The molecule has 0 aliphatic carbocycles. The van der Waals surface area contributed by atoms with Crippen LogP contribution >= 0.6 is 0 Å². The van der Waals surface area contributed by atoms with Crippen LogP contribution in [0.3, 0.4) is 0 Å². The predicted octanol–water partition coefficient (Wildman–Crippen LogP) is 2.77. The molecule has 0 radical (unpaired) electrons. The summed E-state index contributed by atoms with van der Waals surface area (Å²) in [6, 6.07) is 20.4. The molecular formula is C25H21FN2O4. The summed E-state index contributed by atoms with van der Waals surface area (Å²) in [6.45, 7) is -0.549. The summed E-state index contributed by atoms with van der Waals surface area (Å²) < 4.78 is 17.0. The second-order valence-corrected chi connectivity index (χ2v) is 7.47. The van der Waals surface area contributed by atoms with Crippen LogP contribution in [-0.2, 0) is 19.5 Å². The van der Waals surface area contributed by atoms with Crippen LogP contribution in [-0.4, -0.2) is 26.6 Å². The lowest BCUT2D eigenvalue weighted by Crippen LogP contribution is -2.40. The quantitative estimate of drug-likeness (QED) is 0.456. The van der Waals surface area contributed by atoms with Gasteiger partial charge in [0.1, 0.15) is 12.4 Å². The van der Waals surface area contributed by atoms with Crippen LogP contribution in [0.4, 0.5) is 4.39 Å². The molecule has 0 saturated heterocycles. The molecule has 0 atom stereocenters. The van der Waals surface area contributed by atoms with Gasteiger partial charge < -0.3 is 5.11 Å². The lowest BCUT2D eigenvalue weighted by Gasteiger charge is -2.15. The average Bonchev–Trinajstić information content (AvgIpc) is 2.82. The molecular weight excluding hydrogens is 411 g/mol. The van der Waals surface area contributed by atoms with Crippen molar-refractivity contribution in [3.05, 3.63) is 116 Å². The van der Waals surface area contributed by atoms with Crippen LogP contribution in [0, 0.1) is 5.82 Å². The zero-order chi connectivity index (χ0) is 22.7. The molecule has 1 aromatic heterocycles. The van der Waals surface area contributed by atoms with E-state index in [2.05, 4.69) is 0 Å². The molecule has 162 valence electrons. The third kappa shape index (κ3) is 4.15. The van der Waals surface area contributed by atoms with Crippen LogP contribution in [0.15, 0.2) is 82.4 Å². The van der Waals surface area contributed by atoms with Crippen molar-refractivity contribution >= 4 is 16.7 Å². The molecule has 0 fully saturated rings. The first-order chi connectivity index (χ1) is 15.5. The van der Waals surface area contributed by atoms with Crippen molar-refractivity contribution in [2.75, 3.05) is 6.61 Å². The Hall–Kier alpha value is -3.84. The number of fused-ring (bicyclic) bond motifs is 1. The molecule has 0 unspecified atom stereocenters. The molecule has 7 heteroatoms. The molecule has 0 amide bonds. The first kappa shape index (κ1) is 21.4. The van der Waals surface area contributed by atoms with Crippen molar-refractivity contribution in [2.45, 2.75) is 19.5 Å². The summed E-state index contributed by atoms with van der Waals surface area (Å²) in [5.74, 6) is -1.48. The van der Waals surface area contributed by atoms with E-state index in [0.717, 1.165) is 5.56 Å². The highest BCUT2D eigenvalue weighted by Gasteiger charge is 2.15. The van der Waals surface area contributed by atoms with Crippen LogP contribution < -0.4 is 11.2 Å². The summed E-state index contributed by atoms with van der Waals surface area (Å²) in [7, 11) is 0. The van der Waals surface area contributed by atoms with Gasteiger partial charge in [0.25, 0.3) is 5.56 Å². The monoisotopic (exact) mass is 432 g/mol. The first-order valence-corrected chi connectivity index (χ1v) is 10.2. The van der Waals surface area contributed by atoms with E-state index in [-0.39, 0.29) is 24.2 Å². The highest BCUT2D eigenvalue weighted by molar-refractivity contribution is 5.97. The van der Waals surface area contributed by atoms with Gasteiger partial charge in [-0.25, -0.2) is 9.18 Å². The van der Waals surface area contributed by atoms with Gasteiger partial charge in [-0.2, -0.15) is 0 Å². The minimum Gasteiger partial charge on any atom is -0.388 e. The van der Waals surface area contributed by atoms with E-state index >= 15 is 0 Å². The van der Waals surface area contributed by atoms with Crippen LogP contribution in [0.2, 0.25) is 0 Å². The first-order valence-electron chi connectivity index (χ1n) is 10.2. The van der Waals surface area contributed by atoms with E-state index in [9.17, 15) is 18.8 Å². The van der Waals surface area contributed by atoms with Gasteiger partial charge in [-0.3, -0.25) is 18.7 Å². The van der Waals surface area contributed by atoms with Gasteiger partial charge in [0.2, 0.25) is 0 Å². The average molecular weight is 432 g/mol. The number of carbonyl (C=O) groups excluding carboxylic acids is 1. The smallest absolute Gasteiger partial charge is 0.331 e. The number of rotatable bonds is 7. The summed E-state index contributed by atoms with van der Waals surface area (Å²) in [5, 5.41) is 9.36. The van der Waals surface area contributed by atoms with Gasteiger partial charge in [0.05, 0.1) is 23.0 Å². The van der Waals surface area contributed by atoms with Crippen molar-refractivity contribution in [1.82, 2.24) is 9.13 Å². The number of halogens is 1. The summed E-state index contributed by atoms with van der Waals surface area (Å²) >= 11 is 0. The van der Waals surface area contributed by atoms with Gasteiger partial charge in [0.15, 0.2) is 5.78 Å². The van der Waals surface area contributed by atoms with E-state index in [0.29, 0.717) is 22.9 Å². The number of aliphatic hydroxyl groups excluding tert-OH is 1. The lowest BCUT2D eigenvalue weighted by atomic mass is 10.1. The lowest BCUT2D eigenvalue weighted by molar-refractivity contribution is 0.0899. The number of hydrogen-bond acceptors (Lipinski definition) is 4. The third-order valence-electron chi connectivity index (χ3n) is 5.42. The number of aryl methyl sites for hydroxylation is 1. The zero-order valence-electron chi connectivity index (χ0n) is 17.2. The van der Waals surface area contributed by atoms with Crippen LogP contribution in [0.25, 0.3) is 10.9 Å². The van der Waals surface area contributed by atoms with E-state index in [1.54, 1.807) is 24.3 Å². The van der Waals surface area contributed by atoms with Crippen molar-refractivity contribution in [2.24, 2.45) is 0 Å². The number of aromatic nitrogens is 2. The number of nitrogens with zero attached hydrogens (tertiary/aromatic N) is 2. The zero-order valence-corrected chi connectivity index (χ0v) is 17.2. The van der Waals surface area contributed by atoms with Crippen molar-refractivity contribution in [3.8, 4) is 0 Å². The Labute approximate surface area is 182 Å². The maximum Gasteiger partial charge on any atom is 0.331 e.